The van der Waals surface area contributed by atoms with Crippen LogP contribution in [0.5, 0.6) is 5.75 Å². The molecule has 0 saturated carbocycles. The molecule has 0 unspecified atom stereocenters. The van der Waals surface area contributed by atoms with Gasteiger partial charge in [-0.25, -0.2) is 14.2 Å². The summed E-state index contributed by atoms with van der Waals surface area (Å²) in [7, 11) is 0. The van der Waals surface area contributed by atoms with E-state index in [2.05, 4.69) is 4.98 Å². The topological polar surface area (TPSA) is 56.3 Å². The van der Waals surface area contributed by atoms with E-state index in [1.54, 1.807) is 36.7 Å². The van der Waals surface area contributed by atoms with Crippen molar-refractivity contribution in [2.45, 2.75) is 6.92 Å². The Labute approximate surface area is 141 Å². The molecule has 1 heterocycles. The highest BCUT2D eigenvalue weighted by Gasteiger charge is 2.15. The number of halogens is 1. The Morgan fingerprint density at radius 1 is 1.00 bits per heavy atom. The van der Waals surface area contributed by atoms with Crippen LogP contribution in [-0.2, 0) is 0 Å². The van der Waals surface area contributed by atoms with E-state index in [-0.39, 0.29) is 5.78 Å². The molecule has 0 bridgehead atoms. The molecule has 0 spiro atoms. The summed E-state index contributed by atoms with van der Waals surface area (Å²) in [6, 6.07) is 11.6. The highest BCUT2D eigenvalue weighted by Crippen LogP contribution is 2.19. The molecule has 24 heavy (non-hydrogen) atoms. The second kappa shape index (κ2) is 6.72. The Morgan fingerprint density at radius 3 is 2.12 bits per heavy atom. The summed E-state index contributed by atoms with van der Waals surface area (Å²) in [5.74, 6) is -0.769. The molecule has 0 N–H and O–H groups in total. The minimum atomic E-state index is -0.479. The monoisotopic (exact) mass is 341 g/mol. The minimum absolute atomic E-state index is 0.230. The number of hydrogen-bond donors (Lipinski definition) is 0. The number of nitrogens with zero attached hydrogens (tertiary/aromatic N) is 1. The molecule has 0 amide bonds. The van der Waals surface area contributed by atoms with Crippen LogP contribution in [0.15, 0.2) is 54.0 Å². The Balaban J connectivity index is 1.73. The Kier molecular flexibility index (Phi) is 4.48. The van der Waals surface area contributed by atoms with Crippen LogP contribution in [-0.4, -0.2) is 16.7 Å². The van der Waals surface area contributed by atoms with Crippen LogP contribution in [0, 0.1) is 12.7 Å². The zero-order chi connectivity index (χ0) is 17.1. The van der Waals surface area contributed by atoms with Gasteiger partial charge in [0, 0.05) is 11.1 Å². The number of carbonyl (C=O) groups is 2. The average Bonchev–Trinajstić information content (AvgIpc) is 3.02. The third-order valence-corrected chi connectivity index (χ3v) is 4.27. The van der Waals surface area contributed by atoms with E-state index < -0.39 is 11.8 Å². The van der Waals surface area contributed by atoms with E-state index >= 15 is 0 Å². The molecular weight excluding hydrogens is 329 g/mol. The first-order valence-corrected chi connectivity index (χ1v) is 7.95. The van der Waals surface area contributed by atoms with Crippen molar-refractivity contribution in [3.63, 3.8) is 0 Å². The first-order chi connectivity index (χ1) is 11.5. The van der Waals surface area contributed by atoms with E-state index in [1.807, 2.05) is 0 Å². The molecule has 6 heteroatoms. The second-order valence-corrected chi connectivity index (χ2v) is 5.87. The zero-order valence-corrected chi connectivity index (χ0v) is 13.5. The summed E-state index contributed by atoms with van der Waals surface area (Å²) in [5.41, 5.74) is 3.01. The molecule has 0 atom stereocenters. The highest BCUT2D eigenvalue weighted by atomic mass is 32.1. The largest absolute Gasteiger partial charge is 0.422 e. The van der Waals surface area contributed by atoms with Gasteiger partial charge < -0.3 is 4.74 Å². The van der Waals surface area contributed by atoms with Crippen LogP contribution in [0.4, 0.5) is 4.39 Å². The third kappa shape index (κ3) is 3.38. The molecule has 0 fully saturated rings. The molecule has 0 aliphatic heterocycles. The van der Waals surface area contributed by atoms with Crippen molar-refractivity contribution in [3.05, 3.63) is 81.6 Å². The van der Waals surface area contributed by atoms with E-state index in [0.717, 1.165) is 0 Å². The number of benzene rings is 2. The van der Waals surface area contributed by atoms with Crippen LogP contribution in [0.3, 0.4) is 0 Å². The molecule has 3 rings (SSSR count). The maximum Gasteiger partial charge on any atom is 0.355 e. The van der Waals surface area contributed by atoms with Gasteiger partial charge in [0.25, 0.3) is 0 Å². The molecule has 0 saturated heterocycles. The molecule has 1 aromatic heterocycles. The minimum Gasteiger partial charge on any atom is -0.422 e. The van der Waals surface area contributed by atoms with Crippen LogP contribution in [0.1, 0.15) is 31.3 Å². The first-order valence-electron chi connectivity index (χ1n) is 7.07. The van der Waals surface area contributed by atoms with Gasteiger partial charge in [-0.3, -0.25) is 4.79 Å². The predicted octanol–water partition coefficient (Wildman–Crippen LogP) is 4.04. The van der Waals surface area contributed by atoms with Crippen molar-refractivity contribution in [1.29, 1.82) is 0 Å². The molecule has 120 valence electrons. The molecule has 0 aliphatic carbocycles. The summed E-state index contributed by atoms with van der Waals surface area (Å²) in [5, 5.41) is 0. The van der Waals surface area contributed by atoms with Gasteiger partial charge in [0.2, 0.25) is 0 Å². The lowest BCUT2D eigenvalue weighted by molar-refractivity contribution is 0.0739. The average molecular weight is 341 g/mol. The first kappa shape index (κ1) is 16.0. The molecule has 0 aliphatic rings. The van der Waals surface area contributed by atoms with Crippen LogP contribution in [0.25, 0.3) is 0 Å². The van der Waals surface area contributed by atoms with Gasteiger partial charge in [-0.1, -0.05) is 0 Å². The molecule has 4 nitrogen and oxygen atoms in total. The number of carbonyl (C=O) groups excluding carboxylic acids is 2. The molecular formula is C18H12FNO3S. The van der Waals surface area contributed by atoms with Gasteiger partial charge in [-0.15, -0.1) is 11.3 Å². The number of ketones is 1. The van der Waals surface area contributed by atoms with Gasteiger partial charge in [-0.05, 0) is 55.5 Å². The molecule has 2 aromatic carbocycles. The third-order valence-electron chi connectivity index (χ3n) is 3.36. The van der Waals surface area contributed by atoms with E-state index in [1.165, 1.54) is 35.6 Å². The summed E-state index contributed by atoms with van der Waals surface area (Å²) in [6.45, 7) is 1.73. The number of ether oxygens (including phenoxy) is 1. The molecule has 0 radical (unpaired) electrons. The van der Waals surface area contributed by atoms with Gasteiger partial charge >= 0.3 is 5.97 Å². The standard InChI is InChI=1S/C18H12FNO3S/c1-11-17(24-10-20-11)18(22)23-15-8-4-13(5-9-15)16(21)12-2-6-14(19)7-3-12/h2-10H,1H3. The normalized spacial score (nSPS) is 10.4. The number of hydrogen-bond acceptors (Lipinski definition) is 5. The van der Waals surface area contributed by atoms with Gasteiger partial charge in [0.15, 0.2) is 5.78 Å². The Hall–Kier alpha value is -2.86. The lowest BCUT2D eigenvalue weighted by atomic mass is 10.0. The quantitative estimate of drug-likeness (QED) is 0.408. The number of thiazole rings is 1. The number of rotatable bonds is 4. The van der Waals surface area contributed by atoms with Crippen molar-refractivity contribution in [1.82, 2.24) is 4.98 Å². The van der Waals surface area contributed by atoms with Crippen molar-refractivity contribution >= 4 is 23.1 Å². The summed E-state index contributed by atoms with van der Waals surface area (Å²) in [4.78, 5) is 28.7. The van der Waals surface area contributed by atoms with Crippen LogP contribution in [0.2, 0.25) is 0 Å². The van der Waals surface area contributed by atoms with Crippen molar-refractivity contribution in [2.24, 2.45) is 0 Å². The fourth-order valence-electron chi connectivity index (χ4n) is 2.09. The molecule has 3 aromatic rings. The fourth-order valence-corrected chi connectivity index (χ4v) is 2.77. The number of aromatic nitrogens is 1. The van der Waals surface area contributed by atoms with Crippen molar-refractivity contribution in [3.8, 4) is 5.75 Å². The Bertz CT molecular complexity index is 885. The highest BCUT2D eigenvalue weighted by molar-refractivity contribution is 7.11. The van der Waals surface area contributed by atoms with E-state index in [0.29, 0.717) is 27.4 Å². The summed E-state index contributed by atoms with van der Waals surface area (Å²) < 4.78 is 18.2. The van der Waals surface area contributed by atoms with Crippen molar-refractivity contribution in [2.75, 3.05) is 0 Å². The smallest absolute Gasteiger partial charge is 0.355 e. The van der Waals surface area contributed by atoms with Gasteiger partial charge in [-0.2, -0.15) is 0 Å². The summed E-state index contributed by atoms with van der Waals surface area (Å²) in [6.07, 6.45) is 0. The second-order valence-electron chi connectivity index (χ2n) is 5.02. The van der Waals surface area contributed by atoms with Gasteiger partial charge in [0.1, 0.15) is 16.4 Å². The Morgan fingerprint density at radius 2 is 1.58 bits per heavy atom. The number of aryl methyl sites for hydroxylation is 1. The SMILES string of the molecule is Cc1ncsc1C(=O)Oc1ccc(C(=O)c2ccc(F)cc2)cc1. The van der Waals surface area contributed by atoms with Crippen molar-refractivity contribution < 1.29 is 18.7 Å². The predicted molar refractivity (Wildman–Crippen MR) is 88.1 cm³/mol. The zero-order valence-electron chi connectivity index (χ0n) is 12.7. The summed E-state index contributed by atoms with van der Waals surface area (Å²) >= 11 is 1.21. The lowest BCUT2D eigenvalue weighted by Crippen LogP contribution is -2.08. The van der Waals surface area contributed by atoms with Crippen LogP contribution < -0.4 is 4.74 Å². The maximum atomic E-state index is 12.9. The number of esters is 1. The lowest BCUT2D eigenvalue weighted by Gasteiger charge is -2.05. The van der Waals surface area contributed by atoms with E-state index in [9.17, 15) is 14.0 Å². The van der Waals surface area contributed by atoms with Crippen LogP contribution >= 0.6 is 11.3 Å². The fraction of sp³-hybridized carbons (Fsp3) is 0.0556. The van der Waals surface area contributed by atoms with E-state index in [4.69, 9.17) is 4.74 Å². The maximum absolute atomic E-state index is 12.9. The van der Waals surface area contributed by atoms with Gasteiger partial charge in [0.05, 0.1) is 11.2 Å².